The van der Waals surface area contributed by atoms with Gasteiger partial charge in [0, 0.05) is 50.8 Å². The highest BCUT2D eigenvalue weighted by Crippen LogP contribution is 2.16. The maximum Gasteiger partial charge on any atom is 0.401 e. The second kappa shape index (κ2) is 12.8. The molecular weight excluding hydrogens is 518 g/mol. The number of hydrogen-bond donors (Lipinski definition) is 2. The number of benzene rings is 1. The predicted octanol–water partition coefficient (Wildman–Crippen LogP) is 3.58. The van der Waals surface area contributed by atoms with E-state index in [9.17, 15) is 13.2 Å². The van der Waals surface area contributed by atoms with Crippen LogP contribution in [0.5, 0.6) is 0 Å². The summed E-state index contributed by atoms with van der Waals surface area (Å²) >= 11 is 5.93. The second-order valence-electron chi connectivity index (χ2n) is 7.17. The molecule has 0 bridgehead atoms. The lowest BCUT2D eigenvalue weighted by Crippen LogP contribution is -2.49. The topological polar surface area (TPSA) is 42.9 Å². The molecule has 166 valence electrons. The van der Waals surface area contributed by atoms with Gasteiger partial charge in [-0.25, -0.2) is 0 Å². The van der Waals surface area contributed by atoms with Gasteiger partial charge in [-0.1, -0.05) is 23.7 Å². The third-order valence-electron chi connectivity index (χ3n) is 4.71. The molecule has 1 aromatic carbocycles. The number of likely N-dealkylation sites (N-methyl/N-ethyl adjacent to an activating group) is 1. The molecule has 2 rings (SSSR count). The number of aliphatic imine (C=N–C) groups is 1. The van der Waals surface area contributed by atoms with Gasteiger partial charge >= 0.3 is 6.18 Å². The first-order chi connectivity index (χ1) is 13.2. The van der Waals surface area contributed by atoms with Crippen LogP contribution in [-0.4, -0.2) is 74.8 Å². The molecule has 0 amide bonds. The van der Waals surface area contributed by atoms with Gasteiger partial charge in [-0.05, 0) is 37.6 Å². The molecule has 1 heterocycles. The Morgan fingerprint density at radius 2 is 1.86 bits per heavy atom. The Hall–Kier alpha value is -0.780. The molecule has 0 radical (unpaired) electrons. The van der Waals surface area contributed by atoms with E-state index in [-0.39, 0.29) is 24.0 Å². The fourth-order valence-electron chi connectivity index (χ4n) is 3.22. The Labute approximate surface area is 193 Å². The normalized spacial score (nSPS) is 16.6. The van der Waals surface area contributed by atoms with Crippen LogP contribution < -0.4 is 10.6 Å². The van der Waals surface area contributed by atoms with E-state index in [2.05, 4.69) is 20.5 Å². The monoisotopic (exact) mass is 547 g/mol. The van der Waals surface area contributed by atoms with Crippen molar-refractivity contribution in [3.8, 4) is 0 Å². The van der Waals surface area contributed by atoms with E-state index in [1.54, 1.807) is 7.05 Å². The minimum Gasteiger partial charge on any atom is -0.355 e. The fourth-order valence-corrected chi connectivity index (χ4v) is 3.35. The van der Waals surface area contributed by atoms with Crippen LogP contribution in [-0.2, 0) is 6.54 Å². The number of halogens is 5. The van der Waals surface area contributed by atoms with E-state index < -0.39 is 12.7 Å². The number of nitrogens with zero attached hydrogens (tertiary/aromatic N) is 3. The van der Waals surface area contributed by atoms with Crippen LogP contribution >= 0.6 is 35.6 Å². The average Bonchev–Trinajstić information content (AvgIpc) is 2.63. The minimum atomic E-state index is -4.17. The number of likely N-dealkylation sites (tertiary alicyclic amines) is 1. The lowest BCUT2D eigenvalue weighted by molar-refractivity contribution is -0.142. The summed E-state index contributed by atoms with van der Waals surface area (Å²) in [5.41, 5.74) is 1.25. The van der Waals surface area contributed by atoms with Gasteiger partial charge in [-0.3, -0.25) is 14.8 Å². The van der Waals surface area contributed by atoms with Crippen LogP contribution in [0.3, 0.4) is 0 Å². The highest BCUT2D eigenvalue weighted by molar-refractivity contribution is 14.0. The predicted molar refractivity (Wildman–Crippen MR) is 123 cm³/mol. The largest absolute Gasteiger partial charge is 0.401 e. The van der Waals surface area contributed by atoms with Crippen LogP contribution in [0, 0.1) is 0 Å². The van der Waals surface area contributed by atoms with E-state index in [1.807, 2.05) is 24.3 Å². The van der Waals surface area contributed by atoms with Crippen LogP contribution in [0.25, 0.3) is 0 Å². The van der Waals surface area contributed by atoms with E-state index in [0.29, 0.717) is 25.1 Å². The first-order valence-corrected chi connectivity index (χ1v) is 9.82. The number of alkyl halides is 3. The molecule has 0 unspecified atom stereocenters. The number of guanidine groups is 1. The van der Waals surface area contributed by atoms with Crippen molar-refractivity contribution in [1.82, 2.24) is 20.4 Å². The number of rotatable bonds is 7. The molecule has 1 aliphatic heterocycles. The van der Waals surface area contributed by atoms with Crippen LogP contribution in [0.4, 0.5) is 13.2 Å². The Morgan fingerprint density at radius 3 is 2.41 bits per heavy atom. The van der Waals surface area contributed by atoms with Crippen molar-refractivity contribution in [2.75, 3.05) is 46.8 Å². The summed E-state index contributed by atoms with van der Waals surface area (Å²) in [6, 6.07) is 8.23. The Balaban J connectivity index is 0.00000420. The van der Waals surface area contributed by atoms with Gasteiger partial charge in [0.15, 0.2) is 5.96 Å². The molecule has 1 aliphatic rings. The molecule has 10 heteroatoms. The zero-order valence-corrected chi connectivity index (χ0v) is 19.9. The summed E-state index contributed by atoms with van der Waals surface area (Å²) in [5.74, 6) is 0.636. The van der Waals surface area contributed by atoms with Crippen molar-refractivity contribution in [2.45, 2.75) is 31.6 Å². The quantitative estimate of drug-likeness (QED) is 0.311. The van der Waals surface area contributed by atoms with E-state index in [4.69, 9.17) is 11.6 Å². The van der Waals surface area contributed by atoms with Gasteiger partial charge in [0.05, 0.1) is 6.54 Å². The van der Waals surface area contributed by atoms with Gasteiger partial charge < -0.3 is 10.6 Å². The van der Waals surface area contributed by atoms with Crippen molar-refractivity contribution >= 4 is 41.5 Å². The third-order valence-corrected chi connectivity index (χ3v) is 4.96. The van der Waals surface area contributed by atoms with Gasteiger partial charge in [-0.2, -0.15) is 13.2 Å². The van der Waals surface area contributed by atoms with Gasteiger partial charge in [0.25, 0.3) is 0 Å². The summed E-state index contributed by atoms with van der Waals surface area (Å²) in [4.78, 5) is 7.83. The van der Waals surface area contributed by atoms with Crippen LogP contribution in [0.1, 0.15) is 18.4 Å². The zero-order chi connectivity index (χ0) is 20.6. The standard InChI is InChI=1S/C19H29ClF3N5.HI/c1-24-18(25-9-12-27(2)14-19(21,22)23)26-17-7-10-28(11-8-17)13-15-3-5-16(20)6-4-15;/h3-6,17H,7-14H2,1-2H3,(H2,24,25,26);1H. The molecule has 0 aliphatic carbocycles. The zero-order valence-electron chi connectivity index (χ0n) is 16.8. The highest BCUT2D eigenvalue weighted by Gasteiger charge is 2.28. The Bertz CT molecular complexity index is 619. The molecule has 0 spiro atoms. The molecule has 1 fully saturated rings. The fraction of sp³-hybridized carbons (Fsp3) is 0.632. The lowest BCUT2D eigenvalue weighted by Gasteiger charge is -2.33. The van der Waals surface area contributed by atoms with Crippen molar-refractivity contribution in [1.29, 1.82) is 0 Å². The molecule has 1 saturated heterocycles. The Morgan fingerprint density at radius 1 is 1.24 bits per heavy atom. The van der Waals surface area contributed by atoms with Gasteiger partial charge in [0.2, 0.25) is 0 Å². The van der Waals surface area contributed by atoms with Gasteiger partial charge in [-0.15, -0.1) is 24.0 Å². The van der Waals surface area contributed by atoms with Crippen molar-refractivity contribution in [3.63, 3.8) is 0 Å². The first-order valence-electron chi connectivity index (χ1n) is 9.44. The molecule has 0 atom stereocenters. The molecule has 5 nitrogen and oxygen atoms in total. The molecule has 29 heavy (non-hydrogen) atoms. The smallest absolute Gasteiger partial charge is 0.355 e. The average molecular weight is 548 g/mol. The van der Waals surface area contributed by atoms with Crippen LogP contribution in [0.2, 0.25) is 5.02 Å². The molecule has 2 N–H and O–H groups in total. The number of hydrogen-bond acceptors (Lipinski definition) is 3. The van der Waals surface area contributed by atoms with Crippen LogP contribution in [0.15, 0.2) is 29.3 Å². The number of nitrogens with one attached hydrogen (secondary N) is 2. The summed E-state index contributed by atoms with van der Waals surface area (Å²) in [5, 5.41) is 7.21. The molecule has 0 saturated carbocycles. The summed E-state index contributed by atoms with van der Waals surface area (Å²) in [7, 11) is 3.13. The lowest BCUT2D eigenvalue weighted by atomic mass is 10.0. The summed E-state index contributed by atoms with van der Waals surface area (Å²) in [6.07, 6.45) is -2.20. The van der Waals surface area contributed by atoms with Crippen molar-refractivity contribution in [2.24, 2.45) is 4.99 Å². The van der Waals surface area contributed by atoms with E-state index in [0.717, 1.165) is 37.5 Å². The maximum absolute atomic E-state index is 12.3. The third kappa shape index (κ3) is 10.7. The SMILES string of the molecule is CN=C(NCCN(C)CC(F)(F)F)NC1CCN(Cc2ccc(Cl)cc2)CC1.I. The summed E-state index contributed by atoms with van der Waals surface area (Å²) in [6.45, 7) is 2.65. The highest BCUT2D eigenvalue weighted by atomic mass is 127. The Kier molecular flexibility index (Phi) is 11.6. The van der Waals surface area contributed by atoms with Crippen molar-refractivity contribution in [3.05, 3.63) is 34.9 Å². The second-order valence-corrected chi connectivity index (χ2v) is 7.61. The maximum atomic E-state index is 12.3. The van der Waals surface area contributed by atoms with Gasteiger partial charge in [0.1, 0.15) is 0 Å². The molecule has 1 aromatic rings. The van der Waals surface area contributed by atoms with E-state index in [1.165, 1.54) is 17.5 Å². The van der Waals surface area contributed by atoms with Crippen molar-refractivity contribution < 1.29 is 13.2 Å². The summed E-state index contributed by atoms with van der Waals surface area (Å²) < 4.78 is 37.0. The number of piperidine rings is 1. The first kappa shape index (κ1) is 26.3. The molecular formula is C19H30ClF3IN5. The minimum absolute atomic E-state index is 0. The van der Waals surface area contributed by atoms with E-state index >= 15 is 0 Å². The molecule has 0 aromatic heterocycles.